The van der Waals surface area contributed by atoms with E-state index in [1.807, 2.05) is 61.5 Å². The van der Waals surface area contributed by atoms with E-state index in [0.29, 0.717) is 5.75 Å². The van der Waals surface area contributed by atoms with E-state index >= 15 is 0 Å². The fraction of sp³-hybridized carbons (Fsp3) is 0.263. The second kappa shape index (κ2) is 9.13. The van der Waals surface area contributed by atoms with Gasteiger partial charge in [0, 0.05) is 17.2 Å². The Morgan fingerprint density at radius 2 is 1.88 bits per heavy atom. The molecule has 0 heterocycles. The van der Waals surface area contributed by atoms with E-state index < -0.39 is 5.97 Å². The Hall–Kier alpha value is -2.27. The zero-order valence-corrected chi connectivity index (χ0v) is 14.4. The molecule has 2 rings (SSSR count). The maximum absolute atomic E-state index is 12.4. The lowest BCUT2D eigenvalue weighted by Crippen LogP contribution is -2.18. The molecule has 0 aliphatic carbocycles. The third-order valence-corrected chi connectivity index (χ3v) is 4.65. The molecule has 24 heavy (non-hydrogen) atoms. The fourth-order valence-electron chi connectivity index (χ4n) is 2.23. The average Bonchev–Trinajstić information content (AvgIpc) is 2.59. The summed E-state index contributed by atoms with van der Waals surface area (Å²) in [6, 6.07) is 17.3. The molecule has 1 atom stereocenters. The highest BCUT2D eigenvalue weighted by molar-refractivity contribution is 7.98. The zero-order valence-electron chi connectivity index (χ0n) is 13.6. The van der Waals surface area contributed by atoms with Crippen molar-refractivity contribution in [2.45, 2.75) is 25.0 Å². The van der Waals surface area contributed by atoms with Gasteiger partial charge in [0.05, 0.1) is 12.3 Å². The van der Waals surface area contributed by atoms with Crippen molar-refractivity contribution >= 4 is 29.3 Å². The van der Waals surface area contributed by atoms with E-state index in [9.17, 15) is 9.59 Å². The monoisotopic (exact) mass is 343 g/mol. The third kappa shape index (κ3) is 5.74. The second-order valence-corrected chi connectivity index (χ2v) is 6.62. The average molecular weight is 343 g/mol. The lowest BCUT2D eigenvalue weighted by molar-refractivity contribution is -0.136. The number of amides is 1. The van der Waals surface area contributed by atoms with E-state index in [1.165, 1.54) is 0 Å². The number of aliphatic carboxylic acids is 1. The standard InChI is InChI=1S/C19H21NO3S/c1-14(16-7-3-2-4-8-16)19(23)20-17-9-5-6-15(12-17)13-24-11-10-18(21)22/h2-9,12,14H,10-11,13H2,1H3,(H,20,23)(H,21,22)/t14-/m0/s1. The van der Waals surface area contributed by atoms with Gasteiger partial charge in [-0.2, -0.15) is 11.8 Å². The minimum Gasteiger partial charge on any atom is -0.481 e. The van der Waals surface area contributed by atoms with Crippen LogP contribution >= 0.6 is 11.8 Å². The maximum atomic E-state index is 12.4. The summed E-state index contributed by atoms with van der Waals surface area (Å²) >= 11 is 1.57. The van der Waals surface area contributed by atoms with Gasteiger partial charge in [0.15, 0.2) is 0 Å². The SMILES string of the molecule is C[C@H](C(=O)Nc1cccc(CSCCC(=O)O)c1)c1ccccc1. The maximum Gasteiger partial charge on any atom is 0.304 e. The summed E-state index contributed by atoms with van der Waals surface area (Å²) in [5, 5.41) is 11.6. The highest BCUT2D eigenvalue weighted by Gasteiger charge is 2.14. The van der Waals surface area contributed by atoms with Crippen LogP contribution in [0.5, 0.6) is 0 Å². The number of hydrogen-bond donors (Lipinski definition) is 2. The van der Waals surface area contributed by atoms with Crippen LogP contribution in [-0.4, -0.2) is 22.7 Å². The fourth-order valence-corrected chi connectivity index (χ4v) is 3.11. The van der Waals surface area contributed by atoms with Gasteiger partial charge in [-0.25, -0.2) is 0 Å². The molecular weight excluding hydrogens is 322 g/mol. The Balaban J connectivity index is 1.91. The van der Waals surface area contributed by atoms with E-state index in [4.69, 9.17) is 5.11 Å². The first kappa shape index (κ1) is 18.1. The van der Waals surface area contributed by atoms with E-state index in [1.54, 1.807) is 11.8 Å². The summed E-state index contributed by atoms with van der Waals surface area (Å²) in [6.45, 7) is 1.89. The Bertz CT molecular complexity index is 688. The number of hydrogen-bond acceptors (Lipinski definition) is 3. The Kier molecular flexibility index (Phi) is 6.88. The molecule has 0 aliphatic rings. The van der Waals surface area contributed by atoms with Crippen LogP contribution in [0.1, 0.15) is 30.4 Å². The molecule has 4 nitrogen and oxygen atoms in total. The van der Waals surface area contributed by atoms with Crippen LogP contribution in [0.25, 0.3) is 0 Å². The van der Waals surface area contributed by atoms with Gasteiger partial charge in [-0.1, -0.05) is 42.5 Å². The van der Waals surface area contributed by atoms with Crippen LogP contribution < -0.4 is 5.32 Å². The topological polar surface area (TPSA) is 66.4 Å². The van der Waals surface area contributed by atoms with Gasteiger partial charge in [-0.15, -0.1) is 0 Å². The first-order chi connectivity index (χ1) is 11.6. The molecule has 2 aromatic carbocycles. The van der Waals surface area contributed by atoms with E-state index in [-0.39, 0.29) is 18.2 Å². The summed E-state index contributed by atoms with van der Waals surface area (Å²) in [6.07, 6.45) is 0.162. The minimum atomic E-state index is -0.779. The highest BCUT2D eigenvalue weighted by atomic mass is 32.2. The number of carbonyl (C=O) groups is 2. The van der Waals surface area contributed by atoms with Crippen molar-refractivity contribution in [3.8, 4) is 0 Å². The molecule has 0 spiro atoms. The van der Waals surface area contributed by atoms with Crippen molar-refractivity contribution < 1.29 is 14.7 Å². The summed E-state index contributed by atoms with van der Waals surface area (Å²) in [7, 11) is 0. The largest absolute Gasteiger partial charge is 0.481 e. The van der Waals surface area contributed by atoms with Crippen LogP contribution in [0.4, 0.5) is 5.69 Å². The Morgan fingerprint density at radius 3 is 2.58 bits per heavy atom. The minimum absolute atomic E-state index is 0.0446. The molecule has 2 aromatic rings. The van der Waals surface area contributed by atoms with E-state index in [0.717, 1.165) is 22.6 Å². The van der Waals surface area contributed by atoms with Gasteiger partial charge >= 0.3 is 5.97 Å². The second-order valence-electron chi connectivity index (χ2n) is 5.52. The van der Waals surface area contributed by atoms with Gasteiger partial charge in [-0.3, -0.25) is 9.59 Å². The molecule has 5 heteroatoms. The number of rotatable bonds is 8. The van der Waals surface area contributed by atoms with Gasteiger partial charge in [-0.05, 0) is 30.2 Å². The molecule has 0 radical (unpaired) electrons. The van der Waals surface area contributed by atoms with Crippen LogP contribution in [0.3, 0.4) is 0 Å². The normalized spacial score (nSPS) is 11.7. The number of benzene rings is 2. The highest BCUT2D eigenvalue weighted by Crippen LogP contribution is 2.20. The summed E-state index contributed by atoms with van der Waals surface area (Å²) in [5.41, 5.74) is 2.81. The number of carboxylic acid groups (broad SMARTS) is 1. The Labute approximate surface area is 146 Å². The molecule has 0 aliphatic heterocycles. The van der Waals surface area contributed by atoms with Gasteiger partial charge < -0.3 is 10.4 Å². The first-order valence-corrected chi connectivity index (χ1v) is 8.96. The molecule has 0 saturated heterocycles. The summed E-state index contributed by atoms with van der Waals surface area (Å²) in [4.78, 5) is 22.9. The quantitative estimate of drug-likeness (QED) is 0.707. The first-order valence-electron chi connectivity index (χ1n) is 7.80. The molecule has 0 bridgehead atoms. The number of thioether (sulfide) groups is 1. The van der Waals surface area contributed by atoms with E-state index in [2.05, 4.69) is 5.32 Å². The Morgan fingerprint density at radius 1 is 1.12 bits per heavy atom. The lowest BCUT2D eigenvalue weighted by Gasteiger charge is -2.13. The van der Waals surface area contributed by atoms with Crippen molar-refractivity contribution in [1.82, 2.24) is 0 Å². The molecule has 1 amide bonds. The van der Waals surface area contributed by atoms with Crippen molar-refractivity contribution in [3.05, 3.63) is 65.7 Å². The van der Waals surface area contributed by atoms with Gasteiger partial charge in [0.1, 0.15) is 0 Å². The molecule has 0 saturated carbocycles. The smallest absolute Gasteiger partial charge is 0.304 e. The predicted molar refractivity (Wildman–Crippen MR) is 98.3 cm³/mol. The van der Waals surface area contributed by atoms with Crippen LogP contribution in [0, 0.1) is 0 Å². The van der Waals surface area contributed by atoms with Crippen molar-refractivity contribution in [2.24, 2.45) is 0 Å². The third-order valence-electron chi connectivity index (χ3n) is 3.62. The van der Waals surface area contributed by atoms with Crippen molar-refractivity contribution in [2.75, 3.05) is 11.1 Å². The molecule has 2 N–H and O–H groups in total. The van der Waals surface area contributed by atoms with Crippen LogP contribution in [0.2, 0.25) is 0 Å². The van der Waals surface area contributed by atoms with Crippen LogP contribution in [0.15, 0.2) is 54.6 Å². The summed E-state index contributed by atoms with van der Waals surface area (Å²) < 4.78 is 0. The number of anilines is 1. The van der Waals surface area contributed by atoms with Gasteiger partial charge in [0.2, 0.25) is 5.91 Å². The molecule has 0 unspecified atom stereocenters. The molecule has 126 valence electrons. The summed E-state index contributed by atoms with van der Waals surface area (Å²) in [5.74, 6) is 0.262. The molecular formula is C19H21NO3S. The molecule has 0 fully saturated rings. The van der Waals surface area contributed by atoms with Gasteiger partial charge in [0.25, 0.3) is 0 Å². The predicted octanol–water partition coefficient (Wildman–Crippen LogP) is 4.14. The number of carbonyl (C=O) groups excluding carboxylic acids is 1. The zero-order chi connectivity index (χ0) is 17.4. The number of carboxylic acids is 1. The van der Waals surface area contributed by atoms with Crippen LogP contribution in [-0.2, 0) is 15.3 Å². The van der Waals surface area contributed by atoms with Crippen molar-refractivity contribution in [3.63, 3.8) is 0 Å². The number of nitrogens with one attached hydrogen (secondary N) is 1. The van der Waals surface area contributed by atoms with Crippen molar-refractivity contribution in [1.29, 1.82) is 0 Å². The molecule has 0 aromatic heterocycles. The lowest BCUT2D eigenvalue weighted by atomic mass is 10.0.